The van der Waals surface area contributed by atoms with Crippen LogP contribution in [0, 0.1) is 0 Å². The molecule has 0 aliphatic heterocycles. The van der Waals surface area contributed by atoms with Gasteiger partial charge in [-0.25, -0.2) is 9.78 Å². The molecule has 0 fully saturated rings. The topological polar surface area (TPSA) is 74.2 Å². The summed E-state index contributed by atoms with van der Waals surface area (Å²) in [4.78, 5) is 15.6. The maximum atomic E-state index is 11.4. The van der Waals surface area contributed by atoms with Crippen LogP contribution in [0.2, 0.25) is 0 Å². The molecular formula is C10H17N3O2S. The number of aryl methyl sites for hydroxylation is 1. The van der Waals surface area contributed by atoms with Gasteiger partial charge in [-0.1, -0.05) is 6.92 Å². The molecule has 0 bridgehead atoms. The van der Waals surface area contributed by atoms with Crippen LogP contribution in [0.5, 0.6) is 0 Å². The van der Waals surface area contributed by atoms with Crippen molar-refractivity contribution in [1.29, 1.82) is 0 Å². The third kappa shape index (κ3) is 4.59. The molecule has 0 aromatic carbocycles. The highest BCUT2D eigenvalue weighted by molar-refractivity contribution is 7.13. The van der Waals surface area contributed by atoms with Crippen LogP contribution >= 0.6 is 11.3 Å². The van der Waals surface area contributed by atoms with E-state index in [1.807, 2.05) is 12.3 Å². The van der Waals surface area contributed by atoms with Gasteiger partial charge >= 0.3 is 6.03 Å². The summed E-state index contributed by atoms with van der Waals surface area (Å²) in [6, 6.07) is -0.280. The molecule has 1 aromatic heterocycles. The number of aliphatic hydroxyl groups excluding tert-OH is 1. The van der Waals surface area contributed by atoms with Crippen molar-refractivity contribution in [2.24, 2.45) is 0 Å². The Labute approximate surface area is 98.9 Å². The smallest absolute Gasteiger partial charge is 0.321 e. The zero-order valence-corrected chi connectivity index (χ0v) is 10.3. The molecule has 16 heavy (non-hydrogen) atoms. The number of amides is 2. The van der Waals surface area contributed by atoms with E-state index >= 15 is 0 Å². The Hall–Kier alpha value is -1.14. The quantitative estimate of drug-likeness (QED) is 0.735. The summed E-state index contributed by atoms with van der Waals surface area (Å²) in [6.45, 7) is 4.16. The van der Waals surface area contributed by atoms with E-state index in [1.54, 1.807) is 6.92 Å². The molecule has 5 nitrogen and oxygen atoms in total. The van der Waals surface area contributed by atoms with E-state index in [9.17, 15) is 4.79 Å². The van der Waals surface area contributed by atoms with Crippen LogP contribution in [0.3, 0.4) is 0 Å². The van der Waals surface area contributed by atoms with Crippen LogP contribution in [0.4, 0.5) is 9.93 Å². The van der Waals surface area contributed by atoms with Crippen LogP contribution in [0.25, 0.3) is 0 Å². The van der Waals surface area contributed by atoms with E-state index in [0.717, 1.165) is 12.1 Å². The van der Waals surface area contributed by atoms with E-state index < -0.39 is 6.10 Å². The highest BCUT2D eigenvalue weighted by Gasteiger charge is 2.05. The Morgan fingerprint density at radius 2 is 2.44 bits per heavy atom. The highest BCUT2D eigenvalue weighted by Crippen LogP contribution is 2.15. The number of aliphatic hydroxyl groups is 1. The SMILES string of the molecule is CCc1csc(NC(=O)NCCC(C)O)n1. The van der Waals surface area contributed by atoms with Crippen molar-refractivity contribution in [3.63, 3.8) is 0 Å². The van der Waals surface area contributed by atoms with Gasteiger partial charge in [-0.2, -0.15) is 0 Å². The first-order chi connectivity index (χ1) is 7.61. The first-order valence-electron chi connectivity index (χ1n) is 5.29. The summed E-state index contributed by atoms with van der Waals surface area (Å²) in [6.07, 6.45) is 1.01. The van der Waals surface area contributed by atoms with Crippen molar-refractivity contribution >= 4 is 22.5 Å². The number of nitrogens with one attached hydrogen (secondary N) is 2. The fraction of sp³-hybridized carbons (Fsp3) is 0.600. The van der Waals surface area contributed by atoms with Crippen LogP contribution in [-0.4, -0.2) is 28.8 Å². The Bertz CT molecular complexity index is 339. The number of nitrogens with zero attached hydrogens (tertiary/aromatic N) is 1. The Morgan fingerprint density at radius 3 is 3.00 bits per heavy atom. The second kappa shape index (κ2) is 6.44. The molecule has 1 rings (SSSR count). The molecule has 1 heterocycles. The van der Waals surface area contributed by atoms with Crippen molar-refractivity contribution in [3.05, 3.63) is 11.1 Å². The van der Waals surface area contributed by atoms with Gasteiger partial charge in [0.1, 0.15) is 0 Å². The summed E-state index contributed by atoms with van der Waals surface area (Å²) < 4.78 is 0. The zero-order chi connectivity index (χ0) is 12.0. The third-order valence-electron chi connectivity index (χ3n) is 1.98. The largest absolute Gasteiger partial charge is 0.393 e. The maximum Gasteiger partial charge on any atom is 0.321 e. The average molecular weight is 243 g/mol. The molecule has 0 spiro atoms. The van der Waals surface area contributed by atoms with Crippen LogP contribution < -0.4 is 10.6 Å². The monoisotopic (exact) mass is 243 g/mol. The molecule has 0 saturated heterocycles. The van der Waals surface area contributed by atoms with Crippen molar-refractivity contribution < 1.29 is 9.90 Å². The van der Waals surface area contributed by atoms with Gasteiger partial charge in [0.2, 0.25) is 0 Å². The van der Waals surface area contributed by atoms with Gasteiger partial charge in [0.15, 0.2) is 5.13 Å². The number of anilines is 1. The van der Waals surface area contributed by atoms with Gasteiger partial charge in [0.05, 0.1) is 11.8 Å². The molecule has 2 amide bonds. The standard InChI is InChI=1S/C10H17N3O2S/c1-3-8-6-16-10(12-8)13-9(15)11-5-4-7(2)14/h6-7,14H,3-5H2,1-2H3,(H2,11,12,13,15). The number of rotatable bonds is 5. The number of carbonyl (C=O) groups excluding carboxylic acids is 1. The number of aromatic nitrogens is 1. The molecule has 6 heteroatoms. The van der Waals surface area contributed by atoms with Gasteiger partial charge in [-0.3, -0.25) is 5.32 Å². The van der Waals surface area contributed by atoms with Gasteiger partial charge in [0, 0.05) is 11.9 Å². The van der Waals surface area contributed by atoms with Crippen molar-refractivity contribution in [1.82, 2.24) is 10.3 Å². The van der Waals surface area contributed by atoms with Gasteiger partial charge in [0.25, 0.3) is 0 Å². The van der Waals surface area contributed by atoms with E-state index in [-0.39, 0.29) is 6.03 Å². The molecule has 1 atom stereocenters. The Kier molecular flexibility index (Phi) is 5.21. The Balaban J connectivity index is 2.28. The maximum absolute atomic E-state index is 11.4. The molecule has 90 valence electrons. The number of urea groups is 1. The fourth-order valence-corrected chi connectivity index (χ4v) is 1.85. The van der Waals surface area contributed by atoms with E-state index in [2.05, 4.69) is 15.6 Å². The average Bonchev–Trinajstić information content (AvgIpc) is 2.65. The fourth-order valence-electron chi connectivity index (χ4n) is 1.06. The van der Waals surface area contributed by atoms with Crippen LogP contribution in [-0.2, 0) is 6.42 Å². The molecule has 0 aliphatic rings. The van der Waals surface area contributed by atoms with Crippen molar-refractivity contribution in [2.75, 3.05) is 11.9 Å². The molecule has 3 N–H and O–H groups in total. The number of hydrogen-bond acceptors (Lipinski definition) is 4. The molecule has 1 aromatic rings. The zero-order valence-electron chi connectivity index (χ0n) is 9.49. The predicted octanol–water partition coefficient (Wildman–Crippen LogP) is 1.60. The summed E-state index contributed by atoms with van der Waals surface area (Å²) in [5.74, 6) is 0. The minimum absolute atomic E-state index is 0.280. The summed E-state index contributed by atoms with van der Waals surface area (Å²) in [7, 11) is 0. The summed E-state index contributed by atoms with van der Waals surface area (Å²) >= 11 is 1.41. The lowest BCUT2D eigenvalue weighted by Gasteiger charge is -2.06. The molecule has 0 radical (unpaired) electrons. The van der Waals surface area contributed by atoms with Crippen molar-refractivity contribution in [3.8, 4) is 0 Å². The molecule has 0 aliphatic carbocycles. The predicted molar refractivity (Wildman–Crippen MR) is 64.8 cm³/mol. The lowest BCUT2D eigenvalue weighted by molar-refractivity contribution is 0.184. The number of hydrogen-bond donors (Lipinski definition) is 3. The minimum atomic E-state index is -0.396. The number of carbonyl (C=O) groups is 1. The molecule has 1 unspecified atom stereocenters. The second-order valence-corrected chi connectivity index (χ2v) is 4.37. The van der Waals surface area contributed by atoms with Gasteiger partial charge in [-0.15, -0.1) is 11.3 Å². The first kappa shape index (κ1) is 12.9. The summed E-state index contributed by atoms with van der Waals surface area (Å²) in [5, 5.41) is 16.8. The van der Waals surface area contributed by atoms with E-state index in [1.165, 1.54) is 11.3 Å². The normalized spacial score (nSPS) is 12.2. The molecular weight excluding hydrogens is 226 g/mol. The Morgan fingerprint density at radius 1 is 1.69 bits per heavy atom. The highest BCUT2D eigenvalue weighted by atomic mass is 32.1. The minimum Gasteiger partial charge on any atom is -0.393 e. The molecule has 0 saturated carbocycles. The van der Waals surface area contributed by atoms with Crippen LogP contribution in [0.15, 0.2) is 5.38 Å². The van der Waals surface area contributed by atoms with Gasteiger partial charge < -0.3 is 10.4 Å². The lowest BCUT2D eigenvalue weighted by Crippen LogP contribution is -2.30. The van der Waals surface area contributed by atoms with E-state index in [4.69, 9.17) is 5.11 Å². The third-order valence-corrected chi connectivity index (χ3v) is 2.79. The number of thiazole rings is 1. The summed E-state index contributed by atoms with van der Waals surface area (Å²) in [5.41, 5.74) is 0.976. The first-order valence-corrected chi connectivity index (χ1v) is 6.17. The van der Waals surface area contributed by atoms with Crippen molar-refractivity contribution in [2.45, 2.75) is 32.8 Å². The van der Waals surface area contributed by atoms with Crippen LogP contribution in [0.1, 0.15) is 26.0 Å². The van der Waals surface area contributed by atoms with Gasteiger partial charge in [-0.05, 0) is 19.8 Å². The van der Waals surface area contributed by atoms with E-state index in [0.29, 0.717) is 18.1 Å². The second-order valence-electron chi connectivity index (χ2n) is 3.52. The lowest BCUT2D eigenvalue weighted by atomic mass is 10.3.